The molecule has 0 unspecified atom stereocenters. The Morgan fingerprint density at radius 3 is 2.28 bits per heavy atom. The molecular formula is C36H42N6O6S2. The average Bonchev–Trinajstić information content (AvgIpc) is 3.74. The molecule has 12 nitrogen and oxygen atoms in total. The molecule has 264 valence electrons. The van der Waals surface area contributed by atoms with Gasteiger partial charge in [0, 0.05) is 48.7 Å². The third-order valence-electron chi connectivity index (χ3n) is 9.12. The van der Waals surface area contributed by atoms with Crippen LogP contribution < -0.4 is 15.0 Å². The molecule has 1 aromatic heterocycles. The molecule has 3 aromatic carbocycles. The zero-order chi connectivity index (χ0) is 35.6. The second-order valence-corrected chi connectivity index (χ2v) is 16.3. The van der Waals surface area contributed by atoms with Crippen molar-refractivity contribution in [1.82, 2.24) is 14.3 Å². The van der Waals surface area contributed by atoms with Crippen LogP contribution in [0.2, 0.25) is 0 Å². The Kier molecular flexibility index (Phi) is 10.2. The Balaban J connectivity index is 1.24. The minimum Gasteiger partial charge on any atom is -0.379 e. The molecule has 4 aromatic rings. The standard InChI is InChI=1S/C36H42N6O6S2/c1-25-10-12-33(26(2)20-25)39-49(44,45)31-9-7-8-29(22-31)36(43)38-37-24-30-21-27(3)42(28(30)4)35-23-32(11-13-34(35)40-14-5-6-15-40)50(46,47)41-16-18-48-19-17-41/h7-13,20-24,39H,5-6,14-19H2,1-4H3,(H,38,43). The number of benzene rings is 3. The van der Waals surface area contributed by atoms with Crippen LogP contribution in [0.4, 0.5) is 11.4 Å². The average molecular weight is 719 g/mol. The van der Waals surface area contributed by atoms with Crippen LogP contribution in [0.1, 0.15) is 51.3 Å². The molecule has 50 heavy (non-hydrogen) atoms. The molecule has 6 rings (SSSR count). The topological polar surface area (TPSA) is 142 Å². The summed E-state index contributed by atoms with van der Waals surface area (Å²) in [5.41, 5.74) is 9.02. The quantitative estimate of drug-likeness (QED) is 0.176. The van der Waals surface area contributed by atoms with E-state index in [2.05, 4.69) is 20.1 Å². The molecule has 0 spiro atoms. The van der Waals surface area contributed by atoms with E-state index >= 15 is 0 Å². The third kappa shape index (κ3) is 7.33. The first-order chi connectivity index (χ1) is 23.8. The number of ether oxygens (including phenoxy) is 1. The summed E-state index contributed by atoms with van der Waals surface area (Å²) in [7, 11) is -7.68. The van der Waals surface area contributed by atoms with Crippen LogP contribution in [0.25, 0.3) is 5.69 Å². The highest BCUT2D eigenvalue weighted by atomic mass is 32.2. The Hall–Kier alpha value is -4.50. The summed E-state index contributed by atoms with van der Waals surface area (Å²) in [5, 5.41) is 4.20. The fraction of sp³-hybridized carbons (Fsp3) is 0.333. The van der Waals surface area contributed by atoms with Gasteiger partial charge in [0.2, 0.25) is 10.0 Å². The predicted octanol–water partition coefficient (Wildman–Crippen LogP) is 4.90. The van der Waals surface area contributed by atoms with Gasteiger partial charge in [-0.15, -0.1) is 0 Å². The van der Waals surface area contributed by atoms with Gasteiger partial charge in [-0.2, -0.15) is 9.41 Å². The second kappa shape index (κ2) is 14.4. The summed E-state index contributed by atoms with van der Waals surface area (Å²) < 4.78 is 65.0. The molecule has 3 heterocycles. The van der Waals surface area contributed by atoms with Crippen LogP contribution in [0.3, 0.4) is 0 Å². The summed E-state index contributed by atoms with van der Waals surface area (Å²) in [6.07, 6.45) is 3.65. The molecule has 14 heteroatoms. The van der Waals surface area contributed by atoms with E-state index < -0.39 is 26.0 Å². The summed E-state index contributed by atoms with van der Waals surface area (Å²) >= 11 is 0. The van der Waals surface area contributed by atoms with Crippen LogP contribution in [0, 0.1) is 27.7 Å². The Labute approximate surface area is 293 Å². The van der Waals surface area contributed by atoms with Gasteiger partial charge >= 0.3 is 0 Å². The van der Waals surface area contributed by atoms with Crippen LogP contribution in [-0.4, -0.2) is 77.2 Å². The van der Waals surface area contributed by atoms with Crippen molar-refractivity contribution in [2.45, 2.75) is 50.3 Å². The Morgan fingerprint density at radius 1 is 0.820 bits per heavy atom. The molecule has 2 saturated heterocycles. The summed E-state index contributed by atoms with van der Waals surface area (Å²) in [4.78, 5) is 15.5. The highest BCUT2D eigenvalue weighted by Crippen LogP contribution is 2.34. The maximum atomic E-state index is 13.6. The van der Waals surface area contributed by atoms with Gasteiger partial charge in [-0.3, -0.25) is 9.52 Å². The number of hydrogen-bond acceptors (Lipinski definition) is 8. The van der Waals surface area contributed by atoms with E-state index in [9.17, 15) is 21.6 Å². The minimum absolute atomic E-state index is 0.0516. The lowest BCUT2D eigenvalue weighted by Crippen LogP contribution is -2.40. The summed E-state index contributed by atoms with van der Waals surface area (Å²) in [6.45, 7) is 10.7. The normalized spacial score (nSPS) is 15.9. The largest absolute Gasteiger partial charge is 0.379 e. The number of rotatable bonds is 10. The number of morpholine rings is 1. The van der Waals surface area contributed by atoms with Crippen LogP contribution >= 0.6 is 0 Å². The van der Waals surface area contributed by atoms with Gasteiger partial charge in [0.25, 0.3) is 15.9 Å². The number of hydrogen-bond donors (Lipinski definition) is 2. The van der Waals surface area contributed by atoms with E-state index in [4.69, 9.17) is 4.74 Å². The number of hydrazone groups is 1. The highest BCUT2D eigenvalue weighted by Gasteiger charge is 2.29. The van der Waals surface area contributed by atoms with E-state index in [0.29, 0.717) is 32.0 Å². The number of anilines is 2. The van der Waals surface area contributed by atoms with Crippen molar-refractivity contribution in [2.75, 3.05) is 49.0 Å². The number of aryl methyl sites for hydroxylation is 3. The Morgan fingerprint density at radius 2 is 1.56 bits per heavy atom. The molecular weight excluding hydrogens is 677 g/mol. The molecule has 0 bridgehead atoms. The fourth-order valence-electron chi connectivity index (χ4n) is 6.45. The monoisotopic (exact) mass is 718 g/mol. The number of carbonyl (C=O) groups excluding carboxylic acids is 1. The van der Waals surface area contributed by atoms with Crippen molar-refractivity contribution in [2.24, 2.45) is 5.10 Å². The molecule has 0 aliphatic carbocycles. The lowest BCUT2D eigenvalue weighted by molar-refractivity contribution is 0.0730. The molecule has 0 atom stereocenters. The van der Waals surface area contributed by atoms with Gasteiger partial charge in [0.15, 0.2) is 0 Å². The van der Waals surface area contributed by atoms with Gasteiger partial charge in [0.1, 0.15) is 0 Å². The summed E-state index contributed by atoms with van der Waals surface area (Å²) in [6, 6.07) is 18.4. The maximum absolute atomic E-state index is 13.6. The van der Waals surface area contributed by atoms with Crippen molar-refractivity contribution in [3.05, 3.63) is 100 Å². The SMILES string of the molecule is Cc1ccc(NS(=O)(=O)c2cccc(C(=O)NN=Cc3cc(C)n(-c4cc(S(=O)(=O)N5CCOCC5)ccc4N4CCCC4)c3C)c2)c(C)c1. The lowest BCUT2D eigenvalue weighted by atomic mass is 10.1. The van der Waals surface area contributed by atoms with Gasteiger partial charge < -0.3 is 14.2 Å². The van der Waals surface area contributed by atoms with E-state index in [1.54, 1.807) is 18.2 Å². The first kappa shape index (κ1) is 35.3. The van der Waals surface area contributed by atoms with Crippen LogP contribution in [0.15, 0.2) is 81.6 Å². The maximum Gasteiger partial charge on any atom is 0.271 e. The van der Waals surface area contributed by atoms with Gasteiger partial charge in [-0.1, -0.05) is 23.8 Å². The lowest BCUT2D eigenvalue weighted by Gasteiger charge is -2.28. The number of aromatic nitrogens is 1. The third-order valence-corrected chi connectivity index (χ3v) is 12.4. The Bertz CT molecular complexity index is 2170. The molecule has 2 aliphatic heterocycles. The number of carbonyl (C=O) groups is 1. The van der Waals surface area contributed by atoms with Gasteiger partial charge in [0.05, 0.1) is 46.3 Å². The zero-order valence-electron chi connectivity index (χ0n) is 28.6. The first-order valence-electron chi connectivity index (χ1n) is 16.5. The van der Waals surface area contributed by atoms with E-state index in [1.165, 1.54) is 34.8 Å². The summed E-state index contributed by atoms with van der Waals surface area (Å²) in [5.74, 6) is -0.573. The van der Waals surface area contributed by atoms with Crippen molar-refractivity contribution in [1.29, 1.82) is 0 Å². The highest BCUT2D eigenvalue weighted by molar-refractivity contribution is 7.92. The molecule has 0 radical (unpaired) electrons. The molecule has 2 fully saturated rings. The molecule has 2 aliphatic rings. The second-order valence-electron chi connectivity index (χ2n) is 12.7. The van der Waals surface area contributed by atoms with Crippen molar-refractivity contribution >= 4 is 43.5 Å². The number of nitrogens with one attached hydrogen (secondary N) is 2. The number of sulfonamides is 2. The number of amides is 1. The first-order valence-corrected chi connectivity index (χ1v) is 19.5. The van der Waals surface area contributed by atoms with E-state index in [0.717, 1.165) is 65.4 Å². The van der Waals surface area contributed by atoms with Crippen molar-refractivity contribution < 1.29 is 26.4 Å². The predicted molar refractivity (Wildman–Crippen MR) is 194 cm³/mol. The minimum atomic E-state index is -3.95. The van der Waals surface area contributed by atoms with Crippen LogP contribution in [0.5, 0.6) is 0 Å². The molecule has 2 N–H and O–H groups in total. The van der Waals surface area contributed by atoms with Crippen molar-refractivity contribution in [3.8, 4) is 5.69 Å². The fourth-order valence-corrected chi connectivity index (χ4v) is 9.06. The van der Waals surface area contributed by atoms with Gasteiger partial charge in [-0.05, 0) is 94.6 Å². The van der Waals surface area contributed by atoms with E-state index in [-0.39, 0.29) is 15.4 Å². The smallest absolute Gasteiger partial charge is 0.271 e. The van der Waals surface area contributed by atoms with E-state index in [1.807, 2.05) is 56.5 Å². The van der Waals surface area contributed by atoms with Crippen molar-refractivity contribution in [3.63, 3.8) is 0 Å². The molecule has 1 amide bonds. The zero-order valence-corrected chi connectivity index (χ0v) is 30.3. The molecule has 0 saturated carbocycles. The van der Waals surface area contributed by atoms with Crippen LogP contribution in [-0.2, 0) is 24.8 Å². The number of nitrogens with zero attached hydrogens (tertiary/aromatic N) is 4. The van der Waals surface area contributed by atoms with Gasteiger partial charge in [-0.25, -0.2) is 22.3 Å².